The second-order valence-electron chi connectivity index (χ2n) is 7.98. The van der Waals surface area contributed by atoms with Crippen LogP contribution in [0.5, 0.6) is 0 Å². The van der Waals surface area contributed by atoms with E-state index in [1.165, 1.54) is 0 Å². The molecule has 1 aromatic carbocycles. The van der Waals surface area contributed by atoms with E-state index in [0.717, 1.165) is 17.1 Å². The molecule has 0 saturated heterocycles. The highest BCUT2D eigenvalue weighted by Gasteiger charge is 2.45. The lowest BCUT2D eigenvalue weighted by Crippen LogP contribution is -2.53. The molecule has 0 N–H and O–H groups in total. The third kappa shape index (κ3) is 2.51. The van der Waals surface area contributed by atoms with Crippen molar-refractivity contribution in [1.29, 1.82) is 0 Å². The van der Waals surface area contributed by atoms with Crippen LogP contribution in [0.1, 0.15) is 45.2 Å². The fourth-order valence-electron chi connectivity index (χ4n) is 3.65. The van der Waals surface area contributed by atoms with E-state index in [4.69, 9.17) is 4.52 Å². The van der Waals surface area contributed by atoms with Crippen LogP contribution in [0.2, 0.25) is 0 Å². The summed E-state index contributed by atoms with van der Waals surface area (Å²) in [6, 6.07) is 7.70. The highest BCUT2D eigenvalue weighted by Crippen LogP contribution is 2.45. The first-order valence-corrected chi connectivity index (χ1v) is 9.26. The molecule has 2 amide bonds. The summed E-state index contributed by atoms with van der Waals surface area (Å²) in [4.78, 5) is 25.6. The predicted molar refractivity (Wildman–Crippen MR) is 106 cm³/mol. The van der Waals surface area contributed by atoms with Gasteiger partial charge in [-0.1, -0.05) is 31.1 Å². The molecule has 0 bridgehead atoms. The summed E-state index contributed by atoms with van der Waals surface area (Å²) in [5.41, 5.74) is 2.50. The molecular formula is C20H24N6O2. The average Bonchev–Trinajstić information content (AvgIpc) is 3.29. The van der Waals surface area contributed by atoms with Crippen LogP contribution in [-0.4, -0.2) is 44.7 Å². The second-order valence-corrected chi connectivity index (χ2v) is 7.98. The highest BCUT2D eigenvalue weighted by molar-refractivity contribution is 5.97. The van der Waals surface area contributed by atoms with Gasteiger partial charge in [-0.3, -0.25) is 9.47 Å². The Labute approximate surface area is 163 Å². The van der Waals surface area contributed by atoms with Crippen LogP contribution in [0.15, 0.2) is 35.1 Å². The summed E-state index contributed by atoms with van der Waals surface area (Å²) < 4.78 is 7.40. The standard InChI is InChI=1S/C20H24N6O2/c1-12(2)18-22-17(23-28-18)15-16-20(3,4)26(19(27)24(5)6)14-10-8-7-9-13(14)25(16)11-21-15/h7-12H,1-6H3. The van der Waals surface area contributed by atoms with Crippen molar-refractivity contribution in [3.05, 3.63) is 42.2 Å². The summed E-state index contributed by atoms with van der Waals surface area (Å²) in [7, 11) is 3.50. The second kappa shape index (κ2) is 6.19. The average molecular weight is 380 g/mol. The number of anilines is 1. The number of hydrogen-bond acceptors (Lipinski definition) is 5. The number of urea groups is 1. The van der Waals surface area contributed by atoms with Gasteiger partial charge in [0.1, 0.15) is 12.0 Å². The van der Waals surface area contributed by atoms with Gasteiger partial charge in [0.25, 0.3) is 0 Å². The molecule has 0 radical (unpaired) electrons. The summed E-state index contributed by atoms with van der Waals surface area (Å²) in [5, 5.41) is 4.14. The number of para-hydroxylation sites is 2. The van der Waals surface area contributed by atoms with Gasteiger partial charge in [0.2, 0.25) is 11.7 Å². The van der Waals surface area contributed by atoms with Crippen molar-refractivity contribution < 1.29 is 9.32 Å². The Kier molecular flexibility index (Phi) is 4.02. The van der Waals surface area contributed by atoms with Gasteiger partial charge in [0.15, 0.2) is 0 Å². The number of fused-ring (bicyclic) bond motifs is 3. The van der Waals surface area contributed by atoms with Gasteiger partial charge >= 0.3 is 6.03 Å². The molecule has 3 aromatic rings. The summed E-state index contributed by atoms with van der Waals surface area (Å²) in [5.74, 6) is 1.12. The van der Waals surface area contributed by atoms with Gasteiger partial charge in [-0.15, -0.1) is 0 Å². The monoisotopic (exact) mass is 380 g/mol. The molecule has 28 heavy (non-hydrogen) atoms. The maximum Gasteiger partial charge on any atom is 0.324 e. The lowest BCUT2D eigenvalue weighted by Gasteiger charge is -2.44. The maximum absolute atomic E-state index is 13.1. The van der Waals surface area contributed by atoms with Crippen molar-refractivity contribution in [2.75, 3.05) is 19.0 Å². The summed E-state index contributed by atoms with van der Waals surface area (Å²) >= 11 is 0. The fraction of sp³-hybridized carbons (Fsp3) is 0.400. The van der Waals surface area contributed by atoms with Crippen molar-refractivity contribution in [2.24, 2.45) is 0 Å². The number of imidazole rings is 1. The van der Waals surface area contributed by atoms with Crippen LogP contribution in [-0.2, 0) is 5.54 Å². The molecule has 0 spiro atoms. The van der Waals surface area contributed by atoms with Crippen LogP contribution in [0.25, 0.3) is 17.2 Å². The molecule has 0 atom stereocenters. The molecule has 4 rings (SSSR count). The number of rotatable bonds is 2. The first-order chi connectivity index (χ1) is 13.2. The number of nitrogens with zero attached hydrogens (tertiary/aromatic N) is 6. The molecule has 146 valence electrons. The summed E-state index contributed by atoms with van der Waals surface area (Å²) in [6.45, 7) is 8.00. The fourth-order valence-corrected chi connectivity index (χ4v) is 3.65. The molecule has 8 nitrogen and oxygen atoms in total. The molecule has 0 saturated carbocycles. The van der Waals surface area contributed by atoms with E-state index in [1.807, 2.05) is 56.5 Å². The maximum atomic E-state index is 13.1. The Morgan fingerprint density at radius 3 is 2.46 bits per heavy atom. The molecule has 0 fully saturated rings. The zero-order chi connectivity index (χ0) is 20.2. The first-order valence-electron chi connectivity index (χ1n) is 9.26. The van der Waals surface area contributed by atoms with E-state index < -0.39 is 5.54 Å². The normalized spacial score (nSPS) is 14.8. The number of aromatic nitrogens is 4. The van der Waals surface area contributed by atoms with Gasteiger partial charge in [0, 0.05) is 20.0 Å². The van der Waals surface area contributed by atoms with Gasteiger partial charge in [-0.25, -0.2) is 9.78 Å². The van der Waals surface area contributed by atoms with Crippen molar-refractivity contribution in [1.82, 2.24) is 24.6 Å². The third-order valence-electron chi connectivity index (χ3n) is 5.01. The van der Waals surface area contributed by atoms with E-state index in [9.17, 15) is 4.79 Å². The number of carbonyl (C=O) groups excluding carboxylic acids is 1. The Morgan fingerprint density at radius 1 is 1.18 bits per heavy atom. The lowest BCUT2D eigenvalue weighted by atomic mass is 9.91. The minimum Gasteiger partial charge on any atom is -0.339 e. The SMILES string of the molecule is CC(C)c1nc(-c2ncn3c2C(C)(C)N(C(=O)N(C)C)c2ccccc2-3)no1. The number of benzene rings is 1. The van der Waals surface area contributed by atoms with E-state index in [2.05, 4.69) is 15.1 Å². The van der Waals surface area contributed by atoms with Crippen molar-refractivity contribution in [3.8, 4) is 17.2 Å². The van der Waals surface area contributed by atoms with Gasteiger partial charge in [-0.05, 0) is 26.0 Å². The molecule has 1 aliphatic rings. The number of hydrogen-bond donors (Lipinski definition) is 0. The molecule has 3 heterocycles. The topological polar surface area (TPSA) is 80.3 Å². The van der Waals surface area contributed by atoms with Gasteiger partial charge in [-0.2, -0.15) is 4.98 Å². The van der Waals surface area contributed by atoms with Crippen LogP contribution in [0, 0.1) is 0 Å². The number of carbonyl (C=O) groups is 1. The minimum absolute atomic E-state index is 0.105. The number of amides is 2. The van der Waals surface area contributed by atoms with E-state index >= 15 is 0 Å². The van der Waals surface area contributed by atoms with Crippen LogP contribution >= 0.6 is 0 Å². The zero-order valence-electron chi connectivity index (χ0n) is 17.0. The zero-order valence-corrected chi connectivity index (χ0v) is 17.0. The Bertz CT molecular complexity index is 1050. The Morgan fingerprint density at radius 2 is 1.86 bits per heavy atom. The van der Waals surface area contributed by atoms with E-state index in [0.29, 0.717) is 17.4 Å². The largest absolute Gasteiger partial charge is 0.339 e. The smallest absolute Gasteiger partial charge is 0.324 e. The van der Waals surface area contributed by atoms with E-state index in [-0.39, 0.29) is 11.9 Å². The Balaban J connectivity index is 1.96. The van der Waals surface area contributed by atoms with Crippen molar-refractivity contribution >= 4 is 11.7 Å². The molecule has 1 aliphatic heterocycles. The quantitative estimate of drug-likeness (QED) is 0.676. The summed E-state index contributed by atoms with van der Waals surface area (Å²) in [6.07, 6.45) is 1.76. The predicted octanol–water partition coefficient (Wildman–Crippen LogP) is 3.78. The third-order valence-corrected chi connectivity index (χ3v) is 5.01. The molecule has 0 aliphatic carbocycles. The van der Waals surface area contributed by atoms with E-state index in [1.54, 1.807) is 30.2 Å². The van der Waals surface area contributed by atoms with Crippen LogP contribution in [0.4, 0.5) is 10.5 Å². The Hall–Kier alpha value is -3.16. The molecule has 8 heteroatoms. The first kappa shape index (κ1) is 18.2. The van der Waals surface area contributed by atoms with Gasteiger partial charge in [0.05, 0.1) is 22.6 Å². The van der Waals surface area contributed by atoms with Crippen molar-refractivity contribution in [2.45, 2.75) is 39.2 Å². The molecule has 2 aromatic heterocycles. The molecule has 0 unspecified atom stereocenters. The lowest BCUT2D eigenvalue weighted by molar-refractivity contribution is 0.215. The minimum atomic E-state index is -0.680. The highest BCUT2D eigenvalue weighted by atomic mass is 16.5. The van der Waals surface area contributed by atoms with Crippen molar-refractivity contribution in [3.63, 3.8) is 0 Å². The van der Waals surface area contributed by atoms with Crippen LogP contribution < -0.4 is 4.90 Å². The molecular weight excluding hydrogens is 356 g/mol. The van der Waals surface area contributed by atoms with Gasteiger partial charge < -0.3 is 9.42 Å². The van der Waals surface area contributed by atoms with Crippen LogP contribution in [0.3, 0.4) is 0 Å².